The Balaban J connectivity index is 1.51. The van der Waals surface area contributed by atoms with Crippen LogP contribution in [-0.4, -0.2) is 17.5 Å². The highest BCUT2D eigenvalue weighted by molar-refractivity contribution is 7.15. The second kappa shape index (κ2) is 9.30. The summed E-state index contributed by atoms with van der Waals surface area (Å²) in [7, 11) is 0. The molecular weight excluding hydrogens is 413 g/mol. The van der Waals surface area contributed by atoms with Crippen molar-refractivity contribution >= 4 is 22.4 Å². The van der Waals surface area contributed by atoms with Gasteiger partial charge in [0.2, 0.25) is 5.91 Å². The minimum atomic E-state index is -4.37. The van der Waals surface area contributed by atoms with E-state index in [9.17, 15) is 18.0 Å². The number of hydrogen-bond acceptors (Lipinski definition) is 4. The molecule has 0 saturated heterocycles. The van der Waals surface area contributed by atoms with Gasteiger partial charge in [-0.15, -0.1) is 11.3 Å². The summed E-state index contributed by atoms with van der Waals surface area (Å²) < 4.78 is 44.1. The van der Waals surface area contributed by atoms with Crippen molar-refractivity contribution in [1.82, 2.24) is 4.98 Å². The Hall–Kier alpha value is -2.87. The van der Waals surface area contributed by atoms with Crippen molar-refractivity contribution in [2.45, 2.75) is 32.9 Å². The molecule has 0 aliphatic carbocycles. The molecule has 0 radical (unpaired) electrons. The summed E-state index contributed by atoms with van der Waals surface area (Å²) in [6, 6.07) is 11.1. The Bertz CT molecular complexity index is 1010. The minimum absolute atomic E-state index is 0.162. The number of carbonyl (C=O) groups excluding carboxylic acids is 1. The van der Waals surface area contributed by atoms with E-state index in [1.165, 1.54) is 17.4 Å². The molecule has 1 heterocycles. The smallest absolute Gasteiger partial charge is 0.416 e. The van der Waals surface area contributed by atoms with Crippen LogP contribution in [0.5, 0.6) is 5.75 Å². The lowest BCUT2D eigenvalue weighted by Crippen LogP contribution is -2.15. The molecule has 0 aliphatic rings. The zero-order valence-electron chi connectivity index (χ0n) is 16.5. The van der Waals surface area contributed by atoms with Crippen molar-refractivity contribution in [3.05, 3.63) is 75.8 Å². The maximum atomic E-state index is 12.8. The number of hydrogen-bond donors (Lipinski definition) is 1. The number of nitrogens with one attached hydrogen (secondary N) is 1. The zero-order valence-corrected chi connectivity index (χ0v) is 17.4. The molecule has 0 atom stereocenters. The van der Waals surface area contributed by atoms with Gasteiger partial charge in [-0.1, -0.05) is 24.3 Å². The average molecular weight is 434 g/mol. The van der Waals surface area contributed by atoms with E-state index in [-0.39, 0.29) is 18.9 Å². The van der Waals surface area contributed by atoms with Gasteiger partial charge in [-0.25, -0.2) is 4.98 Å². The normalized spacial score (nSPS) is 11.4. The zero-order chi connectivity index (χ0) is 21.7. The third kappa shape index (κ3) is 6.32. The first-order valence-electron chi connectivity index (χ1n) is 9.31. The van der Waals surface area contributed by atoms with Gasteiger partial charge in [-0.05, 0) is 48.7 Å². The Kier molecular flexibility index (Phi) is 6.77. The van der Waals surface area contributed by atoms with Crippen molar-refractivity contribution in [1.29, 1.82) is 0 Å². The number of alkyl halides is 3. The van der Waals surface area contributed by atoms with E-state index >= 15 is 0 Å². The highest BCUT2D eigenvalue weighted by atomic mass is 32.1. The van der Waals surface area contributed by atoms with Crippen LogP contribution in [0.25, 0.3) is 0 Å². The highest BCUT2D eigenvalue weighted by Crippen LogP contribution is 2.30. The topological polar surface area (TPSA) is 51.2 Å². The summed E-state index contributed by atoms with van der Waals surface area (Å²) >= 11 is 1.24. The molecule has 0 bridgehead atoms. The SMILES string of the molecule is Cc1cc(C)cc(OCCC(=O)Nc2ncc(Cc3cccc(C(F)(F)F)c3)s2)c1. The molecule has 2 aromatic carbocycles. The minimum Gasteiger partial charge on any atom is -0.493 e. The molecule has 3 rings (SSSR count). The van der Waals surface area contributed by atoms with Crippen LogP contribution >= 0.6 is 11.3 Å². The second-order valence-electron chi connectivity index (χ2n) is 6.98. The van der Waals surface area contributed by atoms with Crippen molar-refractivity contribution in [2.24, 2.45) is 0 Å². The summed E-state index contributed by atoms with van der Waals surface area (Å²) in [4.78, 5) is 17.0. The number of rotatable bonds is 7. The van der Waals surface area contributed by atoms with Gasteiger partial charge < -0.3 is 10.1 Å². The summed E-state index contributed by atoms with van der Waals surface area (Å²) in [5.41, 5.74) is 2.03. The third-order valence-electron chi connectivity index (χ3n) is 4.23. The van der Waals surface area contributed by atoms with Gasteiger partial charge in [0.1, 0.15) is 5.75 Å². The molecule has 30 heavy (non-hydrogen) atoms. The van der Waals surface area contributed by atoms with Gasteiger partial charge in [0.15, 0.2) is 5.13 Å². The average Bonchev–Trinajstić information content (AvgIpc) is 3.07. The van der Waals surface area contributed by atoms with Gasteiger partial charge in [-0.3, -0.25) is 4.79 Å². The van der Waals surface area contributed by atoms with Gasteiger partial charge in [0.05, 0.1) is 18.6 Å². The Morgan fingerprint density at radius 2 is 1.87 bits per heavy atom. The maximum absolute atomic E-state index is 12.8. The van der Waals surface area contributed by atoms with Gasteiger partial charge in [0.25, 0.3) is 0 Å². The van der Waals surface area contributed by atoms with Gasteiger partial charge in [0, 0.05) is 17.5 Å². The molecule has 158 valence electrons. The van der Waals surface area contributed by atoms with E-state index in [1.54, 1.807) is 12.3 Å². The van der Waals surface area contributed by atoms with Crippen LogP contribution in [0.4, 0.5) is 18.3 Å². The predicted octanol–water partition coefficient (Wildman–Crippen LogP) is 5.78. The summed E-state index contributed by atoms with van der Waals surface area (Å²) in [5, 5.41) is 3.11. The van der Waals surface area contributed by atoms with Crippen molar-refractivity contribution in [3.63, 3.8) is 0 Å². The number of thiazole rings is 1. The van der Waals surface area contributed by atoms with Gasteiger partial charge >= 0.3 is 6.18 Å². The largest absolute Gasteiger partial charge is 0.493 e. The van der Waals surface area contributed by atoms with Crippen molar-refractivity contribution in [2.75, 3.05) is 11.9 Å². The summed E-state index contributed by atoms with van der Waals surface area (Å²) in [6.07, 6.45) is -2.34. The van der Waals surface area contributed by atoms with E-state index in [0.717, 1.165) is 33.9 Å². The molecule has 3 aromatic rings. The van der Waals surface area contributed by atoms with Crippen LogP contribution in [0.2, 0.25) is 0 Å². The highest BCUT2D eigenvalue weighted by Gasteiger charge is 2.30. The molecule has 0 saturated carbocycles. The fraction of sp³-hybridized carbons (Fsp3) is 0.273. The second-order valence-corrected chi connectivity index (χ2v) is 8.09. The van der Waals surface area contributed by atoms with E-state index in [4.69, 9.17) is 4.74 Å². The van der Waals surface area contributed by atoms with E-state index in [0.29, 0.717) is 17.1 Å². The number of halogens is 3. The first-order chi connectivity index (χ1) is 14.2. The fourth-order valence-corrected chi connectivity index (χ4v) is 3.83. The quantitative estimate of drug-likeness (QED) is 0.513. The number of aryl methyl sites for hydroxylation is 2. The number of benzene rings is 2. The Morgan fingerprint density at radius 3 is 2.57 bits per heavy atom. The van der Waals surface area contributed by atoms with E-state index < -0.39 is 11.7 Å². The first kappa shape index (κ1) is 21.8. The van der Waals surface area contributed by atoms with E-state index in [2.05, 4.69) is 10.3 Å². The van der Waals surface area contributed by atoms with Crippen molar-refractivity contribution in [3.8, 4) is 5.75 Å². The lowest BCUT2D eigenvalue weighted by molar-refractivity contribution is -0.137. The van der Waals surface area contributed by atoms with Crippen LogP contribution in [0.3, 0.4) is 0 Å². The molecule has 0 aliphatic heterocycles. The number of anilines is 1. The summed E-state index contributed by atoms with van der Waals surface area (Å²) in [6.45, 7) is 4.19. The van der Waals surface area contributed by atoms with E-state index in [1.807, 2.05) is 32.0 Å². The first-order valence-corrected chi connectivity index (χ1v) is 10.1. The summed E-state index contributed by atoms with van der Waals surface area (Å²) in [5.74, 6) is 0.484. The molecule has 0 fully saturated rings. The Labute approximate surface area is 176 Å². The van der Waals surface area contributed by atoms with Crippen LogP contribution in [0.15, 0.2) is 48.7 Å². The molecule has 4 nitrogen and oxygen atoms in total. The molecule has 0 unspecified atom stereocenters. The number of carbonyl (C=O) groups is 1. The number of ether oxygens (including phenoxy) is 1. The molecular formula is C22H21F3N2O2S. The molecule has 1 aromatic heterocycles. The molecule has 8 heteroatoms. The fourth-order valence-electron chi connectivity index (χ4n) is 2.97. The number of aromatic nitrogens is 1. The molecule has 1 N–H and O–H groups in total. The van der Waals surface area contributed by atoms with Crippen molar-refractivity contribution < 1.29 is 22.7 Å². The van der Waals surface area contributed by atoms with Crippen LogP contribution < -0.4 is 10.1 Å². The lowest BCUT2D eigenvalue weighted by atomic mass is 10.1. The monoisotopic (exact) mass is 434 g/mol. The maximum Gasteiger partial charge on any atom is 0.416 e. The predicted molar refractivity (Wildman–Crippen MR) is 111 cm³/mol. The Morgan fingerprint density at radius 1 is 1.13 bits per heavy atom. The molecule has 0 spiro atoms. The number of amides is 1. The third-order valence-corrected chi connectivity index (χ3v) is 5.14. The van der Waals surface area contributed by atoms with Gasteiger partial charge in [-0.2, -0.15) is 13.2 Å². The van der Waals surface area contributed by atoms with Crippen LogP contribution in [0.1, 0.15) is 33.6 Å². The van der Waals surface area contributed by atoms with Crippen LogP contribution in [-0.2, 0) is 17.4 Å². The molecule has 1 amide bonds. The van der Waals surface area contributed by atoms with Crippen LogP contribution in [0, 0.1) is 13.8 Å². The standard InChI is InChI=1S/C22H21F3N2O2S/c1-14-8-15(2)10-18(9-14)29-7-6-20(28)27-21-26-13-19(30-21)12-16-4-3-5-17(11-16)22(23,24)25/h3-5,8-11,13H,6-7,12H2,1-2H3,(H,26,27,28). The lowest BCUT2D eigenvalue weighted by Gasteiger charge is -2.08. The number of nitrogens with zero attached hydrogens (tertiary/aromatic N) is 1.